The van der Waals surface area contributed by atoms with E-state index < -0.39 is 11.9 Å². The largest absolute Gasteiger partial charge is 0.493 e. The summed E-state index contributed by atoms with van der Waals surface area (Å²) in [4.78, 5) is 25.4. The number of carbonyl (C=O) groups excluding carboxylic acids is 2. The van der Waals surface area contributed by atoms with Crippen molar-refractivity contribution in [1.82, 2.24) is 15.1 Å². The van der Waals surface area contributed by atoms with Gasteiger partial charge >= 0.3 is 0 Å². The van der Waals surface area contributed by atoms with Gasteiger partial charge in [-0.1, -0.05) is 13.8 Å². The molecule has 0 saturated heterocycles. The summed E-state index contributed by atoms with van der Waals surface area (Å²) in [6, 6.07) is 3.99. The van der Waals surface area contributed by atoms with E-state index in [0.29, 0.717) is 23.1 Å². The van der Waals surface area contributed by atoms with Crippen LogP contribution in [-0.4, -0.2) is 49.0 Å². The van der Waals surface area contributed by atoms with E-state index in [2.05, 4.69) is 15.7 Å². The van der Waals surface area contributed by atoms with Gasteiger partial charge in [-0.15, -0.1) is 0 Å². The highest BCUT2D eigenvalue weighted by Gasteiger charge is 2.26. The lowest BCUT2D eigenvalue weighted by molar-refractivity contribution is -0.118. The summed E-state index contributed by atoms with van der Waals surface area (Å²) < 4.78 is 17.4. The number of anilines is 1. The van der Waals surface area contributed by atoms with Crippen LogP contribution in [0.4, 0.5) is 5.82 Å². The van der Waals surface area contributed by atoms with E-state index in [1.54, 1.807) is 24.0 Å². The summed E-state index contributed by atoms with van der Waals surface area (Å²) >= 11 is 0. The molecule has 9 nitrogen and oxygen atoms in total. The van der Waals surface area contributed by atoms with E-state index in [4.69, 9.17) is 14.2 Å². The Morgan fingerprint density at radius 2 is 1.68 bits per heavy atom. The van der Waals surface area contributed by atoms with E-state index in [1.165, 1.54) is 33.5 Å². The number of aryl methyl sites for hydroxylation is 1. The molecule has 1 aromatic heterocycles. The Hall–Kier alpha value is -3.23. The molecule has 0 fully saturated rings. The van der Waals surface area contributed by atoms with Crippen molar-refractivity contribution in [2.24, 2.45) is 13.0 Å². The Kier molecular flexibility index (Phi) is 6.86. The predicted octanol–water partition coefficient (Wildman–Crippen LogP) is 1.84. The Balaban J connectivity index is 2.23. The van der Waals surface area contributed by atoms with Gasteiger partial charge in [0.2, 0.25) is 11.7 Å². The molecule has 28 heavy (non-hydrogen) atoms. The van der Waals surface area contributed by atoms with Crippen LogP contribution in [0.5, 0.6) is 17.2 Å². The molecule has 0 aliphatic rings. The van der Waals surface area contributed by atoms with Gasteiger partial charge in [0.15, 0.2) is 17.3 Å². The molecule has 0 spiro atoms. The van der Waals surface area contributed by atoms with Crippen molar-refractivity contribution in [3.05, 3.63) is 30.0 Å². The summed E-state index contributed by atoms with van der Waals surface area (Å²) in [6.45, 7) is 3.69. The lowest BCUT2D eigenvalue weighted by Gasteiger charge is -2.22. The van der Waals surface area contributed by atoms with Crippen LogP contribution in [0.1, 0.15) is 24.2 Å². The minimum absolute atomic E-state index is 0.144. The number of methoxy groups -OCH3 is 3. The van der Waals surface area contributed by atoms with Crippen LogP contribution in [-0.2, 0) is 11.8 Å². The number of carbonyl (C=O) groups is 2. The Labute approximate surface area is 164 Å². The Morgan fingerprint density at radius 3 is 2.11 bits per heavy atom. The Bertz CT molecular complexity index is 822. The van der Waals surface area contributed by atoms with Gasteiger partial charge in [0.05, 0.1) is 21.3 Å². The SMILES string of the molecule is COc1cc(C(=O)N[C@H](C(=O)Nc2ccn(C)n2)C(C)C)cc(OC)c1OC. The minimum atomic E-state index is -0.756. The molecule has 0 aliphatic heterocycles. The van der Waals surface area contributed by atoms with Crippen LogP contribution < -0.4 is 24.8 Å². The standard InChI is InChI=1S/C19H26N4O5/c1-11(2)16(19(25)20-15-7-8-23(3)22-15)21-18(24)12-9-13(26-4)17(28-6)14(10-12)27-5/h7-11,16H,1-6H3,(H,21,24)(H,20,22,25)/t16-/m0/s1. The van der Waals surface area contributed by atoms with Crippen LogP contribution in [0.3, 0.4) is 0 Å². The van der Waals surface area contributed by atoms with Crippen molar-refractivity contribution >= 4 is 17.6 Å². The molecule has 152 valence electrons. The fourth-order valence-electron chi connectivity index (χ4n) is 2.66. The lowest BCUT2D eigenvalue weighted by Crippen LogP contribution is -2.47. The highest BCUT2D eigenvalue weighted by molar-refractivity contribution is 6.01. The first-order valence-corrected chi connectivity index (χ1v) is 8.72. The monoisotopic (exact) mass is 390 g/mol. The summed E-state index contributed by atoms with van der Waals surface area (Å²) in [5.41, 5.74) is 0.283. The average Bonchev–Trinajstić information content (AvgIpc) is 3.08. The second-order valence-corrected chi connectivity index (χ2v) is 6.47. The van der Waals surface area contributed by atoms with Gasteiger partial charge < -0.3 is 24.8 Å². The molecule has 0 unspecified atom stereocenters. The van der Waals surface area contributed by atoms with E-state index in [-0.39, 0.29) is 17.4 Å². The van der Waals surface area contributed by atoms with Crippen molar-refractivity contribution in [3.63, 3.8) is 0 Å². The van der Waals surface area contributed by atoms with Gasteiger partial charge in [-0.3, -0.25) is 14.3 Å². The number of hydrogen-bond donors (Lipinski definition) is 2. The second kappa shape index (κ2) is 9.12. The fraction of sp³-hybridized carbons (Fsp3) is 0.421. The van der Waals surface area contributed by atoms with Gasteiger partial charge in [-0.25, -0.2) is 0 Å². The van der Waals surface area contributed by atoms with E-state index >= 15 is 0 Å². The molecule has 2 amide bonds. The normalized spacial score (nSPS) is 11.7. The molecule has 0 aliphatic carbocycles. The average molecular weight is 390 g/mol. The molecule has 0 bridgehead atoms. The molecule has 1 aromatic carbocycles. The molecule has 2 N–H and O–H groups in total. The minimum Gasteiger partial charge on any atom is -0.493 e. The predicted molar refractivity (Wildman–Crippen MR) is 104 cm³/mol. The maximum atomic E-state index is 12.8. The van der Waals surface area contributed by atoms with Crippen molar-refractivity contribution in [3.8, 4) is 17.2 Å². The number of hydrogen-bond acceptors (Lipinski definition) is 6. The highest BCUT2D eigenvalue weighted by atomic mass is 16.5. The van der Waals surface area contributed by atoms with Gasteiger partial charge in [0.25, 0.3) is 5.91 Å². The van der Waals surface area contributed by atoms with Gasteiger partial charge in [-0.05, 0) is 18.1 Å². The number of amides is 2. The zero-order valence-corrected chi connectivity index (χ0v) is 16.9. The van der Waals surface area contributed by atoms with Crippen LogP contribution in [0, 0.1) is 5.92 Å². The van der Waals surface area contributed by atoms with Crippen LogP contribution in [0.2, 0.25) is 0 Å². The fourth-order valence-corrected chi connectivity index (χ4v) is 2.66. The first-order valence-electron chi connectivity index (χ1n) is 8.72. The summed E-state index contributed by atoms with van der Waals surface area (Å²) in [7, 11) is 6.17. The third-order valence-electron chi connectivity index (χ3n) is 4.13. The van der Waals surface area contributed by atoms with Crippen LogP contribution >= 0.6 is 0 Å². The molecule has 9 heteroatoms. The molecule has 2 rings (SSSR count). The Morgan fingerprint density at radius 1 is 1.07 bits per heavy atom. The molecule has 0 radical (unpaired) electrons. The first-order chi connectivity index (χ1) is 13.3. The van der Waals surface area contributed by atoms with Gasteiger partial charge in [-0.2, -0.15) is 5.10 Å². The van der Waals surface area contributed by atoms with Crippen molar-refractivity contribution < 1.29 is 23.8 Å². The van der Waals surface area contributed by atoms with E-state index in [1.807, 2.05) is 13.8 Å². The molecular formula is C19H26N4O5. The molecule has 0 saturated carbocycles. The summed E-state index contributed by atoms with van der Waals surface area (Å²) in [5, 5.41) is 9.59. The maximum absolute atomic E-state index is 12.8. The summed E-state index contributed by atoms with van der Waals surface area (Å²) in [6.07, 6.45) is 1.72. The summed E-state index contributed by atoms with van der Waals surface area (Å²) in [5.74, 6) is 0.574. The van der Waals surface area contributed by atoms with E-state index in [9.17, 15) is 9.59 Å². The lowest BCUT2D eigenvalue weighted by atomic mass is 10.0. The van der Waals surface area contributed by atoms with Gasteiger partial charge in [0.1, 0.15) is 6.04 Å². The number of aromatic nitrogens is 2. The number of nitrogens with zero attached hydrogens (tertiary/aromatic N) is 2. The zero-order valence-electron chi connectivity index (χ0n) is 16.9. The molecule has 1 heterocycles. The quantitative estimate of drug-likeness (QED) is 0.713. The molecule has 2 aromatic rings. The second-order valence-electron chi connectivity index (χ2n) is 6.47. The van der Waals surface area contributed by atoms with Crippen molar-refractivity contribution in [1.29, 1.82) is 0 Å². The number of benzene rings is 1. The third kappa shape index (κ3) is 4.73. The van der Waals surface area contributed by atoms with Crippen molar-refractivity contribution in [2.45, 2.75) is 19.9 Å². The van der Waals surface area contributed by atoms with E-state index in [0.717, 1.165) is 0 Å². The highest BCUT2D eigenvalue weighted by Crippen LogP contribution is 2.38. The third-order valence-corrected chi connectivity index (χ3v) is 4.13. The zero-order chi connectivity index (χ0) is 20.8. The maximum Gasteiger partial charge on any atom is 0.252 e. The first kappa shape index (κ1) is 21.1. The number of nitrogens with one attached hydrogen (secondary N) is 2. The topological polar surface area (TPSA) is 104 Å². The van der Waals surface area contributed by atoms with Crippen LogP contribution in [0.15, 0.2) is 24.4 Å². The van der Waals surface area contributed by atoms with Crippen molar-refractivity contribution in [2.75, 3.05) is 26.6 Å². The number of ether oxygens (including phenoxy) is 3. The van der Waals surface area contributed by atoms with Crippen LogP contribution in [0.25, 0.3) is 0 Å². The molecule has 1 atom stereocenters. The number of rotatable bonds is 8. The smallest absolute Gasteiger partial charge is 0.252 e. The van der Waals surface area contributed by atoms with Gasteiger partial charge in [0, 0.05) is 24.9 Å². The molecular weight excluding hydrogens is 364 g/mol.